The molecule has 3 aromatic rings. The second-order valence-corrected chi connectivity index (χ2v) is 8.06. The van der Waals surface area contributed by atoms with Crippen molar-refractivity contribution in [1.29, 1.82) is 0 Å². The van der Waals surface area contributed by atoms with Gasteiger partial charge in [-0.3, -0.25) is 0 Å². The number of morpholine rings is 1. The SMILES string of the molecule is CC.CSCc1cc(N2CCOCC2)nc(-c2ccc(Nc3ccc(F)cc3)cc2)n1.NC=S. The number of halogens is 1. The summed E-state index contributed by atoms with van der Waals surface area (Å²) in [7, 11) is 0. The number of aromatic nitrogens is 2. The molecule has 0 spiro atoms. The van der Waals surface area contributed by atoms with Gasteiger partial charge >= 0.3 is 0 Å². The summed E-state index contributed by atoms with van der Waals surface area (Å²) in [5.74, 6) is 2.28. The van der Waals surface area contributed by atoms with E-state index in [2.05, 4.69) is 40.5 Å². The molecule has 3 N–H and O–H groups in total. The van der Waals surface area contributed by atoms with E-state index in [0.29, 0.717) is 0 Å². The summed E-state index contributed by atoms with van der Waals surface area (Å²) in [5.41, 5.74) is 9.38. The minimum atomic E-state index is -0.246. The first-order chi connectivity index (χ1) is 16.6. The molecule has 1 aliphatic rings. The highest BCUT2D eigenvalue weighted by Gasteiger charge is 2.15. The van der Waals surface area contributed by atoms with Crippen molar-refractivity contribution >= 4 is 46.7 Å². The molecule has 0 atom stereocenters. The van der Waals surface area contributed by atoms with Gasteiger partial charge in [-0.15, -0.1) is 0 Å². The van der Waals surface area contributed by atoms with Crippen molar-refractivity contribution in [3.05, 3.63) is 66.1 Å². The zero-order valence-electron chi connectivity index (χ0n) is 19.8. The summed E-state index contributed by atoms with van der Waals surface area (Å²) in [5, 5.41) is 3.27. The first-order valence-corrected chi connectivity index (χ1v) is 13.0. The van der Waals surface area contributed by atoms with Crippen LogP contribution in [0.2, 0.25) is 0 Å². The number of nitrogens with zero attached hydrogens (tertiary/aromatic N) is 3. The van der Waals surface area contributed by atoms with Gasteiger partial charge in [-0.25, -0.2) is 14.4 Å². The minimum absolute atomic E-state index is 0.246. The zero-order valence-corrected chi connectivity index (χ0v) is 21.5. The molecule has 2 heterocycles. The highest BCUT2D eigenvalue weighted by molar-refractivity contribution is 7.97. The van der Waals surface area contributed by atoms with Crippen LogP contribution in [0.4, 0.5) is 21.6 Å². The summed E-state index contributed by atoms with van der Waals surface area (Å²) < 4.78 is 18.5. The Balaban J connectivity index is 0.000000758. The van der Waals surface area contributed by atoms with Gasteiger partial charge in [-0.2, -0.15) is 11.8 Å². The number of anilines is 3. The summed E-state index contributed by atoms with van der Waals surface area (Å²) in [6.07, 6.45) is 2.08. The molecule has 4 rings (SSSR count). The number of thioether (sulfide) groups is 1. The second-order valence-electron chi connectivity index (χ2n) is 6.92. The number of rotatable bonds is 6. The van der Waals surface area contributed by atoms with E-state index < -0.39 is 0 Å². The van der Waals surface area contributed by atoms with Gasteiger partial charge in [0, 0.05) is 41.8 Å². The summed E-state index contributed by atoms with van der Waals surface area (Å²) >= 11 is 5.79. The Morgan fingerprint density at radius 3 is 2.18 bits per heavy atom. The fourth-order valence-corrected chi connectivity index (χ4v) is 3.63. The average molecular weight is 502 g/mol. The molecule has 1 saturated heterocycles. The van der Waals surface area contributed by atoms with Crippen LogP contribution in [0.5, 0.6) is 0 Å². The first kappa shape index (κ1) is 27.5. The molecule has 0 aliphatic carbocycles. The van der Waals surface area contributed by atoms with E-state index in [-0.39, 0.29) is 5.82 Å². The summed E-state index contributed by atoms with van der Waals surface area (Å²) in [6.45, 7) is 7.13. The van der Waals surface area contributed by atoms with Gasteiger partial charge in [-0.05, 0) is 54.8 Å². The number of hydrogen-bond donors (Lipinski definition) is 2. The van der Waals surface area contributed by atoms with Gasteiger partial charge in [0.2, 0.25) is 0 Å². The van der Waals surface area contributed by atoms with Crippen molar-refractivity contribution in [2.75, 3.05) is 42.8 Å². The number of ether oxygens (including phenoxy) is 1. The van der Waals surface area contributed by atoms with Crippen LogP contribution >= 0.6 is 24.0 Å². The summed E-state index contributed by atoms with van der Waals surface area (Å²) in [6, 6.07) is 16.4. The number of thiocarbonyl (C=S) groups is 1. The lowest BCUT2D eigenvalue weighted by atomic mass is 10.2. The standard InChI is InChI=1S/C22H23FN4OS.C2H6.CH3NS/c1-29-15-20-14-21(27-10-12-28-13-11-27)26-22(25-20)16-2-6-18(7-3-16)24-19-8-4-17(23)5-9-19;1-2;2-1-3/h2-9,14,24H,10-13,15H2,1H3;1-2H3;1H,(H2,2,3). The predicted molar refractivity (Wildman–Crippen MR) is 147 cm³/mol. The van der Waals surface area contributed by atoms with Gasteiger partial charge in [0.15, 0.2) is 5.82 Å². The quantitative estimate of drug-likeness (QED) is 0.420. The van der Waals surface area contributed by atoms with Crippen molar-refractivity contribution in [3.63, 3.8) is 0 Å². The van der Waals surface area contributed by atoms with E-state index in [1.807, 2.05) is 38.1 Å². The molecule has 1 aromatic heterocycles. The molecule has 0 bridgehead atoms. The fraction of sp³-hybridized carbons (Fsp3) is 0.320. The normalized spacial score (nSPS) is 12.5. The molecule has 9 heteroatoms. The van der Waals surface area contributed by atoms with Gasteiger partial charge in [0.05, 0.1) is 24.4 Å². The Labute approximate surface area is 211 Å². The van der Waals surface area contributed by atoms with Crippen molar-refractivity contribution in [2.45, 2.75) is 19.6 Å². The third-order valence-corrected chi connectivity index (χ3v) is 5.25. The third-order valence-electron chi connectivity index (χ3n) is 4.67. The largest absolute Gasteiger partial charge is 0.396 e. The molecule has 0 amide bonds. The van der Waals surface area contributed by atoms with Crippen LogP contribution in [0.1, 0.15) is 19.5 Å². The molecular formula is C25H32FN5OS2. The molecular weight excluding hydrogens is 469 g/mol. The van der Waals surface area contributed by atoms with Gasteiger partial charge in [-0.1, -0.05) is 26.1 Å². The lowest BCUT2D eigenvalue weighted by molar-refractivity contribution is 0.122. The number of nitrogens with one attached hydrogen (secondary N) is 1. The maximum atomic E-state index is 13.1. The van der Waals surface area contributed by atoms with E-state index in [1.165, 1.54) is 12.1 Å². The van der Waals surface area contributed by atoms with E-state index in [4.69, 9.17) is 14.7 Å². The van der Waals surface area contributed by atoms with Crippen LogP contribution in [-0.2, 0) is 10.5 Å². The molecule has 0 unspecified atom stereocenters. The van der Waals surface area contributed by atoms with E-state index in [9.17, 15) is 4.39 Å². The van der Waals surface area contributed by atoms with E-state index in [1.54, 1.807) is 23.9 Å². The maximum absolute atomic E-state index is 13.1. The Kier molecular flexibility index (Phi) is 12.3. The number of benzene rings is 2. The summed E-state index contributed by atoms with van der Waals surface area (Å²) in [4.78, 5) is 11.8. The Bertz CT molecular complexity index is 997. The van der Waals surface area contributed by atoms with Gasteiger partial charge in [0.1, 0.15) is 11.6 Å². The highest BCUT2D eigenvalue weighted by Crippen LogP contribution is 2.25. The molecule has 1 aliphatic heterocycles. The first-order valence-electron chi connectivity index (χ1n) is 11.1. The van der Waals surface area contributed by atoms with Crippen molar-refractivity contribution in [3.8, 4) is 11.4 Å². The lowest BCUT2D eigenvalue weighted by Gasteiger charge is -2.28. The Morgan fingerprint density at radius 1 is 1.06 bits per heavy atom. The molecule has 34 heavy (non-hydrogen) atoms. The topological polar surface area (TPSA) is 76.3 Å². The third kappa shape index (κ3) is 8.55. The van der Waals surface area contributed by atoms with Crippen molar-refractivity contribution in [1.82, 2.24) is 9.97 Å². The van der Waals surface area contributed by atoms with E-state index in [0.717, 1.165) is 71.8 Å². The highest BCUT2D eigenvalue weighted by atomic mass is 32.2. The van der Waals surface area contributed by atoms with E-state index >= 15 is 0 Å². The van der Waals surface area contributed by atoms with Crippen LogP contribution in [-0.4, -0.2) is 48.0 Å². The predicted octanol–water partition coefficient (Wildman–Crippen LogP) is 5.65. The van der Waals surface area contributed by atoms with Crippen molar-refractivity contribution < 1.29 is 9.13 Å². The molecule has 1 fully saturated rings. The van der Waals surface area contributed by atoms with Crippen LogP contribution in [0.25, 0.3) is 11.4 Å². The lowest BCUT2D eigenvalue weighted by Crippen LogP contribution is -2.37. The number of nitrogens with two attached hydrogens (primary N) is 1. The van der Waals surface area contributed by atoms with Crippen LogP contribution in [0.3, 0.4) is 0 Å². The van der Waals surface area contributed by atoms with Crippen LogP contribution < -0.4 is 16.0 Å². The molecule has 0 saturated carbocycles. The minimum Gasteiger partial charge on any atom is -0.396 e. The Hall–Kier alpha value is -2.75. The maximum Gasteiger partial charge on any atom is 0.161 e. The Morgan fingerprint density at radius 2 is 1.62 bits per heavy atom. The molecule has 6 nitrogen and oxygen atoms in total. The van der Waals surface area contributed by atoms with Crippen LogP contribution in [0, 0.1) is 5.82 Å². The second kappa shape index (κ2) is 15.2. The monoisotopic (exact) mass is 501 g/mol. The molecule has 0 radical (unpaired) electrons. The van der Waals surface area contributed by atoms with Gasteiger partial charge < -0.3 is 20.7 Å². The molecule has 2 aromatic carbocycles. The smallest absolute Gasteiger partial charge is 0.161 e. The van der Waals surface area contributed by atoms with Gasteiger partial charge in [0.25, 0.3) is 0 Å². The fourth-order valence-electron chi connectivity index (χ4n) is 3.19. The zero-order chi connectivity index (χ0) is 24.8. The van der Waals surface area contributed by atoms with Crippen molar-refractivity contribution in [2.24, 2.45) is 5.73 Å². The van der Waals surface area contributed by atoms with Crippen LogP contribution in [0.15, 0.2) is 54.6 Å². The average Bonchev–Trinajstić information content (AvgIpc) is 2.88. The number of hydrogen-bond acceptors (Lipinski definition) is 7. The molecule has 182 valence electrons.